The summed E-state index contributed by atoms with van der Waals surface area (Å²) in [6, 6.07) is 3.32. The van der Waals surface area contributed by atoms with E-state index < -0.39 is 17.8 Å². The van der Waals surface area contributed by atoms with E-state index in [-0.39, 0.29) is 12.5 Å². The molecule has 1 N–H and O–H groups in total. The lowest BCUT2D eigenvalue weighted by Gasteiger charge is -2.17. The summed E-state index contributed by atoms with van der Waals surface area (Å²) in [5.74, 6) is -0.373. The van der Waals surface area contributed by atoms with Gasteiger partial charge in [0.25, 0.3) is 0 Å². The van der Waals surface area contributed by atoms with Gasteiger partial charge in [-0.05, 0) is 17.7 Å². The van der Waals surface area contributed by atoms with Crippen LogP contribution in [0.3, 0.4) is 0 Å². The van der Waals surface area contributed by atoms with Crippen LogP contribution in [0, 0.1) is 0 Å². The van der Waals surface area contributed by atoms with Gasteiger partial charge in [0, 0.05) is 23.5 Å². The van der Waals surface area contributed by atoms with Crippen molar-refractivity contribution in [2.24, 2.45) is 0 Å². The van der Waals surface area contributed by atoms with Crippen LogP contribution in [0.1, 0.15) is 17.0 Å². The van der Waals surface area contributed by atoms with Crippen LogP contribution in [0.25, 0.3) is 0 Å². The Morgan fingerprint density at radius 1 is 1.37 bits per heavy atom. The first-order valence-electron chi connectivity index (χ1n) is 5.57. The molecule has 0 saturated carbocycles. The van der Waals surface area contributed by atoms with E-state index in [1.165, 1.54) is 11.0 Å². The molecule has 2 atom stereocenters. The number of nitrogens with zero attached hydrogens (tertiary/aromatic N) is 1. The normalized spacial score (nSPS) is 23.7. The van der Waals surface area contributed by atoms with Gasteiger partial charge < -0.3 is 10.0 Å². The Bertz CT molecular complexity index is 492. The van der Waals surface area contributed by atoms with Crippen LogP contribution in [-0.2, 0) is 11.0 Å². The predicted octanol–water partition coefficient (Wildman–Crippen LogP) is 2.38. The van der Waals surface area contributed by atoms with Gasteiger partial charge in [0.1, 0.15) is 0 Å². The summed E-state index contributed by atoms with van der Waals surface area (Å²) in [5.41, 5.74) is -0.173. The molecule has 1 amide bonds. The topological polar surface area (TPSA) is 40.5 Å². The van der Waals surface area contributed by atoms with Crippen molar-refractivity contribution >= 4 is 22.3 Å². The van der Waals surface area contributed by atoms with Crippen molar-refractivity contribution in [3.8, 4) is 0 Å². The Morgan fingerprint density at radius 3 is 2.53 bits per heavy atom. The van der Waals surface area contributed by atoms with E-state index >= 15 is 0 Å². The van der Waals surface area contributed by atoms with Crippen LogP contribution >= 0.6 is 15.9 Å². The number of hydrogen-bond donors (Lipinski definition) is 1. The average Bonchev–Trinajstić information content (AvgIpc) is 2.69. The number of benzene rings is 1. The Kier molecular flexibility index (Phi) is 3.87. The minimum absolute atomic E-state index is 0.196. The largest absolute Gasteiger partial charge is 0.416 e. The molecule has 7 heteroatoms. The molecule has 1 saturated heterocycles. The summed E-state index contributed by atoms with van der Waals surface area (Å²) in [5, 5.41) is 9.85. The number of aliphatic hydroxyl groups is 1. The number of hydrogen-bond acceptors (Lipinski definition) is 2. The van der Waals surface area contributed by atoms with Gasteiger partial charge in [-0.15, -0.1) is 0 Å². The SMILES string of the molecule is O=CN1CC(c2ccc(C(F)(F)F)cc2Br)[C@@H](O)C1. The molecule has 0 spiro atoms. The minimum Gasteiger partial charge on any atom is -0.391 e. The molecule has 0 radical (unpaired) electrons. The zero-order valence-electron chi connectivity index (χ0n) is 9.69. The van der Waals surface area contributed by atoms with Crippen LogP contribution in [0.2, 0.25) is 0 Å². The molecule has 104 valence electrons. The molecule has 1 heterocycles. The third kappa shape index (κ3) is 2.92. The van der Waals surface area contributed by atoms with Gasteiger partial charge in [-0.1, -0.05) is 22.0 Å². The number of halogens is 4. The summed E-state index contributed by atoms with van der Waals surface area (Å²) in [4.78, 5) is 12.1. The summed E-state index contributed by atoms with van der Waals surface area (Å²) < 4.78 is 37.9. The van der Waals surface area contributed by atoms with Gasteiger partial charge in [-0.2, -0.15) is 13.2 Å². The van der Waals surface area contributed by atoms with Gasteiger partial charge in [0.2, 0.25) is 6.41 Å². The second-order valence-corrected chi connectivity index (χ2v) is 5.32. The molecule has 1 aromatic carbocycles. The molecule has 19 heavy (non-hydrogen) atoms. The number of β-amino-alcohol motifs (C(OH)–C–C–N with tert-alkyl or cyclic N) is 1. The first-order valence-corrected chi connectivity index (χ1v) is 6.36. The lowest BCUT2D eigenvalue weighted by Crippen LogP contribution is -2.19. The molecule has 1 aromatic rings. The summed E-state index contributed by atoms with van der Waals surface area (Å²) in [6.07, 6.45) is -4.54. The van der Waals surface area contributed by atoms with Gasteiger partial charge in [-0.3, -0.25) is 4.79 Å². The molecule has 0 bridgehead atoms. The first-order chi connectivity index (χ1) is 8.82. The number of carbonyl (C=O) groups is 1. The summed E-state index contributed by atoms with van der Waals surface area (Å²) in [6.45, 7) is 0.496. The number of alkyl halides is 3. The maximum absolute atomic E-state index is 12.5. The van der Waals surface area contributed by atoms with Crippen LogP contribution < -0.4 is 0 Å². The molecule has 1 aliphatic heterocycles. The molecule has 2 rings (SSSR count). The van der Waals surface area contributed by atoms with Gasteiger partial charge >= 0.3 is 6.18 Å². The second-order valence-electron chi connectivity index (χ2n) is 4.47. The van der Waals surface area contributed by atoms with Gasteiger partial charge in [0.05, 0.1) is 11.7 Å². The van der Waals surface area contributed by atoms with E-state index in [0.29, 0.717) is 23.0 Å². The Morgan fingerprint density at radius 2 is 2.05 bits per heavy atom. The van der Waals surface area contributed by atoms with Crippen molar-refractivity contribution < 1.29 is 23.1 Å². The van der Waals surface area contributed by atoms with E-state index in [4.69, 9.17) is 0 Å². The zero-order valence-corrected chi connectivity index (χ0v) is 11.3. The molecule has 1 fully saturated rings. The summed E-state index contributed by atoms with van der Waals surface area (Å²) in [7, 11) is 0. The standard InChI is InChI=1S/C12H11BrF3NO2/c13-10-3-7(12(14,15)16)1-2-8(10)9-4-17(6-18)5-11(9)19/h1-3,6,9,11,19H,4-5H2/t9?,11-/m0/s1. The number of rotatable bonds is 2. The predicted molar refractivity (Wildman–Crippen MR) is 65.5 cm³/mol. The average molecular weight is 338 g/mol. The lowest BCUT2D eigenvalue weighted by molar-refractivity contribution is -0.137. The second kappa shape index (κ2) is 5.13. The van der Waals surface area contributed by atoms with Crippen LogP contribution in [0.4, 0.5) is 13.2 Å². The fraction of sp³-hybridized carbons (Fsp3) is 0.417. The van der Waals surface area contributed by atoms with Gasteiger partial charge in [-0.25, -0.2) is 0 Å². The van der Waals surface area contributed by atoms with Crippen molar-refractivity contribution in [1.29, 1.82) is 0 Å². The summed E-state index contributed by atoms with van der Waals surface area (Å²) >= 11 is 3.10. The van der Waals surface area contributed by atoms with Gasteiger partial charge in [0.15, 0.2) is 0 Å². The van der Waals surface area contributed by atoms with E-state index in [1.807, 2.05) is 0 Å². The van der Waals surface area contributed by atoms with E-state index in [1.54, 1.807) is 0 Å². The number of aliphatic hydroxyl groups excluding tert-OH is 1. The quantitative estimate of drug-likeness (QED) is 0.842. The van der Waals surface area contributed by atoms with Crippen LogP contribution in [0.5, 0.6) is 0 Å². The fourth-order valence-corrected chi connectivity index (χ4v) is 2.89. The molecule has 0 aliphatic carbocycles. The van der Waals surface area contributed by atoms with Crippen molar-refractivity contribution in [1.82, 2.24) is 4.90 Å². The highest BCUT2D eigenvalue weighted by Crippen LogP contribution is 2.36. The number of amides is 1. The number of carbonyl (C=O) groups excluding carboxylic acids is 1. The molecular weight excluding hydrogens is 327 g/mol. The maximum Gasteiger partial charge on any atom is 0.416 e. The zero-order chi connectivity index (χ0) is 14.2. The van der Waals surface area contributed by atoms with E-state index in [0.717, 1.165) is 12.1 Å². The molecule has 1 unspecified atom stereocenters. The lowest BCUT2D eigenvalue weighted by atomic mass is 9.95. The fourth-order valence-electron chi connectivity index (χ4n) is 2.21. The van der Waals surface area contributed by atoms with Crippen molar-refractivity contribution in [3.63, 3.8) is 0 Å². The molecule has 0 aromatic heterocycles. The molecular formula is C12H11BrF3NO2. The smallest absolute Gasteiger partial charge is 0.391 e. The minimum atomic E-state index is -4.40. The highest BCUT2D eigenvalue weighted by atomic mass is 79.9. The van der Waals surface area contributed by atoms with Crippen LogP contribution in [-0.4, -0.2) is 35.6 Å². The van der Waals surface area contributed by atoms with E-state index in [9.17, 15) is 23.1 Å². The molecule has 3 nitrogen and oxygen atoms in total. The Balaban J connectivity index is 2.29. The Labute approximate surface area is 116 Å². The number of likely N-dealkylation sites (tertiary alicyclic amines) is 1. The van der Waals surface area contributed by atoms with Crippen molar-refractivity contribution in [2.75, 3.05) is 13.1 Å². The highest BCUT2D eigenvalue weighted by molar-refractivity contribution is 9.10. The van der Waals surface area contributed by atoms with Crippen molar-refractivity contribution in [3.05, 3.63) is 33.8 Å². The third-order valence-corrected chi connectivity index (χ3v) is 3.88. The highest BCUT2D eigenvalue weighted by Gasteiger charge is 2.35. The third-order valence-electron chi connectivity index (χ3n) is 3.19. The molecule has 1 aliphatic rings. The van der Waals surface area contributed by atoms with Crippen LogP contribution in [0.15, 0.2) is 22.7 Å². The van der Waals surface area contributed by atoms with Crippen molar-refractivity contribution in [2.45, 2.75) is 18.2 Å². The van der Waals surface area contributed by atoms with E-state index in [2.05, 4.69) is 15.9 Å². The monoisotopic (exact) mass is 337 g/mol. The maximum atomic E-state index is 12.5. The Hall–Kier alpha value is -1.08. The first kappa shape index (κ1) is 14.3.